The molecule has 0 unspecified atom stereocenters. The third kappa shape index (κ3) is 9.90. The molecule has 0 aliphatic rings. The van der Waals surface area contributed by atoms with Crippen molar-refractivity contribution in [1.29, 1.82) is 0 Å². The minimum Gasteiger partial charge on any atom is -1.00 e. The number of rotatable bonds is 6. The van der Waals surface area contributed by atoms with E-state index in [4.69, 9.17) is 0 Å². The third-order valence-corrected chi connectivity index (χ3v) is 6.45. The third-order valence-electron chi connectivity index (χ3n) is 6.45. The Morgan fingerprint density at radius 3 is 1.14 bits per heavy atom. The van der Waals surface area contributed by atoms with Gasteiger partial charge in [-0.2, -0.15) is 12.1 Å². The molecule has 0 saturated heterocycles. The van der Waals surface area contributed by atoms with Crippen molar-refractivity contribution in [2.45, 2.75) is 93.2 Å². The number of aryl methyl sites for hydroxylation is 6. The van der Waals surface area contributed by atoms with Crippen LogP contribution in [-0.2, 0) is 61.9 Å². The summed E-state index contributed by atoms with van der Waals surface area (Å²) >= 11 is 1.74. The monoisotopic (exact) mass is 616 g/mol. The molecule has 36 heavy (non-hydrogen) atoms. The molecular weight excluding hydrogens is 575 g/mol. The van der Waals surface area contributed by atoms with Gasteiger partial charge in [-0.15, -0.1) is 56.9 Å². The maximum atomic E-state index is 2.36. The normalized spacial score (nSPS) is 10.1. The molecule has 0 nitrogen and oxygen atoms in total. The Kier molecular flexibility index (Phi) is 17.4. The molecule has 0 amide bonds. The quantitative estimate of drug-likeness (QED) is 0.230. The fourth-order valence-electron chi connectivity index (χ4n) is 4.46. The maximum Gasteiger partial charge on any atom is -1.00 e. The van der Waals surface area contributed by atoms with E-state index in [1.54, 1.807) is 23.3 Å². The van der Waals surface area contributed by atoms with Crippen LogP contribution in [0.25, 0.3) is 21.5 Å². The van der Waals surface area contributed by atoms with Crippen LogP contribution >= 0.6 is 0 Å². The van der Waals surface area contributed by atoms with Gasteiger partial charge in [0.15, 0.2) is 0 Å². The van der Waals surface area contributed by atoms with E-state index in [1.165, 1.54) is 54.9 Å². The van der Waals surface area contributed by atoms with E-state index in [0.29, 0.717) is 0 Å². The maximum absolute atomic E-state index is 2.36. The van der Waals surface area contributed by atoms with Gasteiger partial charge >= 0.3 is 41.9 Å². The molecule has 0 heterocycles. The first kappa shape index (κ1) is 35.3. The van der Waals surface area contributed by atoms with Crippen LogP contribution in [0.5, 0.6) is 0 Å². The van der Waals surface area contributed by atoms with Crippen LogP contribution < -0.4 is 24.8 Å². The number of hydrogen-bond acceptors (Lipinski definition) is 0. The standard InChI is InChI=1S/2C15H19.C2H6Si.2ClH.Zr/c2*1-4-11-7-13(6-3)15-10-12(5-2)9-14(15)8-11;1-3-2;;;/h2*7-10H,4-6H2,1-3H3;1-2H3;2*1H;/q2*-1;;;;+2/p-2. The Bertz CT molecular complexity index is 1120. The molecule has 0 spiro atoms. The van der Waals surface area contributed by atoms with Gasteiger partial charge in [-0.3, -0.25) is 0 Å². The predicted molar refractivity (Wildman–Crippen MR) is 153 cm³/mol. The van der Waals surface area contributed by atoms with Crippen molar-refractivity contribution in [1.82, 2.24) is 0 Å². The molecule has 0 atom stereocenters. The van der Waals surface area contributed by atoms with Crippen LogP contribution in [0.2, 0.25) is 13.1 Å². The van der Waals surface area contributed by atoms with Gasteiger partial charge in [0, 0.05) is 0 Å². The Labute approximate surface area is 248 Å². The van der Waals surface area contributed by atoms with Crippen LogP contribution in [0.1, 0.15) is 74.9 Å². The van der Waals surface area contributed by atoms with Crippen molar-refractivity contribution in [3.05, 3.63) is 81.9 Å². The van der Waals surface area contributed by atoms with Crippen LogP contribution in [0.4, 0.5) is 0 Å². The Morgan fingerprint density at radius 1 is 0.556 bits per heavy atom. The molecule has 4 aromatic carbocycles. The molecule has 0 radical (unpaired) electrons. The first-order chi connectivity index (χ1) is 16.3. The van der Waals surface area contributed by atoms with E-state index in [0.717, 1.165) is 38.5 Å². The fraction of sp³-hybridized carbons (Fsp3) is 0.438. The van der Waals surface area contributed by atoms with Crippen LogP contribution in [-0.4, -0.2) is 5.43 Å². The van der Waals surface area contributed by atoms with Gasteiger partial charge < -0.3 is 24.8 Å². The topological polar surface area (TPSA) is 0 Å². The van der Waals surface area contributed by atoms with Gasteiger partial charge in [0.05, 0.1) is 0 Å². The molecule has 0 aliphatic carbocycles. The second-order valence-electron chi connectivity index (χ2n) is 9.36. The Balaban J connectivity index is 0.000000566. The average molecular weight is 619 g/mol. The summed E-state index contributed by atoms with van der Waals surface area (Å²) in [6, 6.07) is 18.8. The molecule has 196 valence electrons. The second kappa shape index (κ2) is 17.8. The largest absolute Gasteiger partial charge is 1.00 e. The van der Waals surface area contributed by atoms with Gasteiger partial charge in [0.2, 0.25) is 0 Å². The molecule has 4 heteroatoms. The van der Waals surface area contributed by atoms with Crippen molar-refractivity contribution in [3.8, 4) is 0 Å². The van der Waals surface area contributed by atoms with Crippen molar-refractivity contribution in [2.24, 2.45) is 0 Å². The predicted octanol–water partition coefficient (Wildman–Crippen LogP) is 3.28. The summed E-state index contributed by atoms with van der Waals surface area (Å²) < 4.78 is 0. The number of halogens is 2. The van der Waals surface area contributed by atoms with Gasteiger partial charge in [-0.25, -0.2) is 0 Å². The van der Waals surface area contributed by atoms with Gasteiger partial charge in [-0.1, -0.05) is 75.9 Å². The molecular formula is C32H44Cl2SiZr-2. The molecule has 0 saturated carbocycles. The van der Waals surface area contributed by atoms with Crippen LogP contribution in [0, 0.1) is 0 Å². The van der Waals surface area contributed by atoms with Gasteiger partial charge in [0.1, 0.15) is 0 Å². The molecule has 4 rings (SSSR count). The van der Waals surface area contributed by atoms with E-state index in [1.807, 2.05) is 0 Å². The molecule has 0 bridgehead atoms. The SMILES string of the molecule is CCc1cc(CC)c2cc(CC)[cH-]c2c1.CCc1cc(CC)c2cc(CC)[cH-]c2c1.C[Si](C)=[Zr+2].[Cl-].[Cl-]. The minimum atomic E-state index is 0. The van der Waals surface area contributed by atoms with E-state index < -0.39 is 0 Å². The van der Waals surface area contributed by atoms with E-state index in [-0.39, 0.29) is 30.2 Å². The summed E-state index contributed by atoms with van der Waals surface area (Å²) in [4.78, 5) is 0. The Morgan fingerprint density at radius 2 is 0.889 bits per heavy atom. The fourth-order valence-corrected chi connectivity index (χ4v) is 4.46. The minimum absolute atomic E-state index is 0. The summed E-state index contributed by atoms with van der Waals surface area (Å²) in [5.41, 5.74) is 9.08. The number of fused-ring (bicyclic) bond motifs is 2. The smallest absolute Gasteiger partial charge is 1.00 e. The molecule has 0 fully saturated rings. The van der Waals surface area contributed by atoms with Crippen molar-refractivity contribution in [3.63, 3.8) is 0 Å². The van der Waals surface area contributed by atoms with E-state index in [2.05, 4.69) is 103 Å². The average Bonchev–Trinajstić information content (AvgIpc) is 3.46. The summed E-state index contributed by atoms with van der Waals surface area (Å²) in [7, 11) is 0. The van der Waals surface area contributed by atoms with Crippen molar-refractivity contribution in [2.75, 3.05) is 0 Å². The van der Waals surface area contributed by atoms with Gasteiger partial charge in [-0.05, 0) is 38.5 Å². The molecule has 0 aliphatic heterocycles. The zero-order valence-corrected chi connectivity index (χ0v) is 28.6. The van der Waals surface area contributed by atoms with Crippen molar-refractivity contribution < 1.29 is 48.1 Å². The molecule has 4 aromatic rings. The zero-order valence-electron chi connectivity index (χ0n) is 23.6. The Hall–Kier alpha value is -0.660. The van der Waals surface area contributed by atoms with E-state index in [9.17, 15) is 0 Å². The number of benzene rings is 2. The summed E-state index contributed by atoms with van der Waals surface area (Å²) in [6.07, 6.45) is 6.82. The number of hydrogen-bond donors (Lipinski definition) is 0. The van der Waals surface area contributed by atoms with E-state index >= 15 is 0 Å². The summed E-state index contributed by atoms with van der Waals surface area (Å²) in [6.45, 7) is 18.0. The van der Waals surface area contributed by atoms with Gasteiger partial charge in [0.25, 0.3) is 0 Å². The first-order valence-corrected chi connectivity index (χ1v) is 19.4. The summed E-state index contributed by atoms with van der Waals surface area (Å²) in [5, 5.41) is 5.80. The molecule has 0 aromatic heterocycles. The van der Waals surface area contributed by atoms with Crippen LogP contribution in [0.15, 0.2) is 48.5 Å². The molecule has 0 N–H and O–H groups in total. The first-order valence-electron chi connectivity index (χ1n) is 13.2. The summed E-state index contributed by atoms with van der Waals surface area (Å²) in [5.74, 6) is 0. The second-order valence-corrected chi connectivity index (χ2v) is 18.7. The van der Waals surface area contributed by atoms with Crippen molar-refractivity contribution >= 4 is 27.0 Å². The van der Waals surface area contributed by atoms with Crippen LogP contribution in [0.3, 0.4) is 0 Å². The zero-order chi connectivity index (χ0) is 25.3.